The van der Waals surface area contributed by atoms with E-state index in [-0.39, 0.29) is 4.47 Å². The van der Waals surface area contributed by atoms with Crippen molar-refractivity contribution in [2.24, 2.45) is 5.92 Å². The zero-order chi connectivity index (χ0) is 14.0. The van der Waals surface area contributed by atoms with Crippen molar-refractivity contribution in [2.45, 2.75) is 30.6 Å². The molecule has 0 unspecified atom stereocenters. The molecule has 19 heavy (non-hydrogen) atoms. The van der Waals surface area contributed by atoms with Crippen LogP contribution in [-0.4, -0.2) is 15.0 Å². The highest BCUT2D eigenvalue weighted by Crippen LogP contribution is 2.26. The van der Waals surface area contributed by atoms with E-state index in [1.165, 1.54) is 0 Å². The van der Waals surface area contributed by atoms with Gasteiger partial charge >= 0.3 is 0 Å². The van der Waals surface area contributed by atoms with E-state index in [0.29, 0.717) is 18.5 Å². The molecule has 106 valence electrons. The predicted octanol–water partition coefficient (Wildman–Crippen LogP) is 3.20. The second-order valence-electron chi connectivity index (χ2n) is 4.70. The summed E-state index contributed by atoms with van der Waals surface area (Å²) in [6.45, 7) is 0.302. The molecule has 1 aliphatic rings. The monoisotopic (exact) mass is 353 g/mol. The SMILES string of the molecule is O=S(=O)(NCC1CCCC1)c1cc(Br)c(F)cc1F. The molecule has 2 rings (SSSR count). The summed E-state index contributed by atoms with van der Waals surface area (Å²) in [6.07, 6.45) is 4.17. The number of benzene rings is 1. The number of rotatable bonds is 4. The Morgan fingerprint density at radius 2 is 1.84 bits per heavy atom. The molecule has 1 aromatic rings. The number of nitrogens with one attached hydrogen (secondary N) is 1. The van der Waals surface area contributed by atoms with Gasteiger partial charge in [0, 0.05) is 12.6 Å². The fourth-order valence-electron chi connectivity index (χ4n) is 2.23. The highest BCUT2D eigenvalue weighted by Gasteiger charge is 2.23. The molecule has 0 atom stereocenters. The summed E-state index contributed by atoms with van der Waals surface area (Å²) in [6, 6.07) is 1.51. The van der Waals surface area contributed by atoms with Gasteiger partial charge in [-0.25, -0.2) is 21.9 Å². The third-order valence-corrected chi connectivity index (χ3v) is 5.35. The predicted molar refractivity (Wildman–Crippen MR) is 71.2 cm³/mol. The van der Waals surface area contributed by atoms with Crippen molar-refractivity contribution in [1.82, 2.24) is 4.72 Å². The van der Waals surface area contributed by atoms with E-state index in [1.54, 1.807) is 0 Å². The molecule has 3 nitrogen and oxygen atoms in total. The molecule has 1 aromatic carbocycles. The van der Waals surface area contributed by atoms with Crippen molar-refractivity contribution in [1.29, 1.82) is 0 Å². The van der Waals surface area contributed by atoms with Crippen LogP contribution in [0, 0.1) is 17.6 Å². The van der Waals surface area contributed by atoms with Gasteiger partial charge in [-0.1, -0.05) is 12.8 Å². The Hall–Kier alpha value is -0.530. The third kappa shape index (κ3) is 3.52. The standard InChI is InChI=1S/C12H14BrF2NO2S/c13-9-5-12(11(15)6-10(9)14)19(17,18)16-7-8-3-1-2-4-8/h5-6,8,16H,1-4,7H2. The van der Waals surface area contributed by atoms with E-state index in [1.807, 2.05) is 0 Å². The maximum absolute atomic E-state index is 13.5. The lowest BCUT2D eigenvalue weighted by atomic mass is 10.1. The van der Waals surface area contributed by atoms with Crippen LogP contribution < -0.4 is 4.72 Å². The van der Waals surface area contributed by atoms with Gasteiger partial charge in [-0.2, -0.15) is 0 Å². The van der Waals surface area contributed by atoms with Gasteiger partial charge in [-0.05, 0) is 40.8 Å². The summed E-state index contributed by atoms with van der Waals surface area (Å²) in [7, 11) is -3.94. The van der Waals surface area contributed by atoms with E-state index in [0.717, 1.165) is 31.7 Å². The van der Waals surface area contributed by atoms with E-state index < -0.39 is 26.6 Å². The molecule has 0 aromatic heterocycles. The Balaban J connectivity index is 2.16. The Labute approximate surface area is 119 Å². The van der Waals surface area contributed by atoms with Gasteiger partial charge in [0.1, 0.15) is 16.5 Å². The molecule has 0 saturated heterocycles. The van der Waals surface area contributed by atoms with Crippen LogP contribution in [0.15, 0.2) is 21.5 Å². The molecule has 1 saturated carbocycles. The molecule has 0 amide bonds. The van der Waals surface area contributed by atoms with Gasteiger partial charge in [0.05, 0.1) is 4.47 Å². The summed E-state index contributed by atoms with van der Waals surface area (Å²) < 4.78 is 52.9. The second kappa shape index (κ2) is 5.85. The molecule has 7 heteroatoms. The largest absolute Gasteiger partial charge is 0.243 e. The second-order valence-corrected chi connectivity index (χ2v) is 7.29. The Morgan fingerprint density at radius 3 is 2.47 bits per heavy atom. The minimum absolute atomic E-state index is 0.0739. The van der Waals surface area contributed by atoms with E-state index in [2.05, 4.69) is 20.7 Å². The van der Waals surface area contributed by atoms with Crippen LogP contribution >= 0.6 is 15.9 Å². The molecular formula is C12H14BrF2NO2S. The summed E-state index contributed by atoms with van der Waals surface area (Å²) in [4.78, 5) is -0.529. The van der Waals surface area contributed by atoms with Crippen LogP contribution in [0.25, 0.3) is 0 Å². The lowest BCUT2D eigenvalue weighted by molar-refractivity contribution is 0.511. The maximum Gasteiger partial charge on any atom is 0.243 e. The van der Waals surface area contributed by atoms with Crippen molar-refractivity contribution >= 4 is 26.0 Å². The highest BCUT2D eigenvalue weighted by molar-refractivity contribution is 9.10. The van der Waals surface area contributed by atoms with Crippen molar-refractivity contribution in [3.63, 3.8) is 0 Å². The van der Waals surface area contributed by atoms with Crippen LogP contribution in [0.1, 0.15) is 25.7 Å². The molecule has 1 N–H and O–H groups in total. The first kappa shape index (κ1) is 14.9. The lowest BCUT2D eigenvalue weighted by Gasteiger charge is -2.12. The first-order chi connectivity index (χ1) is 8.90. The molecule has 1 fully saturated rings. The van der Waals surface area contributed by atoms with Crippen LogP contribution in [-0.2, 0) is 10.0 Å². The van der Waals surface area contributed by atoms with E-state index in [4.69, 9.17) is 0 Å². The molecule has 1 aliphatic carbocycles. The average molecular weight is 354 g/mol. The first-order valence-corrected chi connectivity index (χ1v) is 8.32. The number of hydrogen-bond donors (Lipinski definition) is 1. The Bertz CT molecular complexity index is 571. The summed E-state index contributed by atoms with van der Waals surface area (Å²) >= 11 is 2.86. The van der Waals surface area contributed by atoms with Gasteiger partial charge < -0.3 is 0 Å². The Kier molecular flexibility index (Phi) is 4.58. The van der Waals surface area contributed by atoms with Crippen LogP contribution in [0.3, 0.4) is 0 Å². The van der Waals surface area contributed by atoms with Crippen molar-refractivity contribution in [3.05, 3.63) is 28.2 Å². The summed E-state index contributed by atoms with van der Waals surface area (Å²) in [5, 5.41) is 0. The minimum Gasteiger partial charge on any atom is -0.211 e. The topological polar surface area (TPSA) is 46.2 Å². The van der Waals surface area contributed by atoms with Crippen molar-refractivity contribution < 1.29 is 17.2 Å². The average Bonchev–Trinajstić information content (AvgIpc) is 2.84. The quantitative estimate of drug-likeness (QED) is 0.845. The minimum atomic E-state index is -3.94. The van der Waals surface area contributed by atoms with Crippen LogP contribution in [0.2, 0.25) is 0 Å². The van der Waals surface area contributed by atoms with Gasteiger partial charge in [0.25, 0.3) is 0 Å². The van der Waals surface area contributed by atoms with E-state index >= 15 is 0 Å². The van der Waals surface area contributed by atoms with Gasteiger partial charge in [-0.3, -0.25) is 0 Å². The van der Waals surface area contributed by atoms with Gasteiger partial charge in [-0.15, -0.1) is 0 Å². The zero-order valence-corrected chi connectivity index (χ0v) is 12.5. The molecule has 0 aliphatic heterocycles. The molecular weight excluding hydrogens is 340 g/mol. The smallest absolute Gasteiger partial charge is 0.211 e. The number of hydrogen-bond acceptors (Lipinski definition) is 2. The fraction of sp³-hybridized carbons (Fsp3) is 0.500. The summed E-state index contributed by atoms with van der Waals surface area (Å²) in [5.74, 6) is -1.60. The normalized spacial score (nSPS) is 17.0. The van der Waals surface area contributed by atoms with Crippen LogP contribution in [0.5, 0.6) is 0 Å². The van der Waals surface area contributed by atoms with E-state index in [9.17, 15) is 17.2 Å². The van der Waals surface area contributed by atoms with Crippen LogP contribution in [0.4, 0.5) is 8.78 Å². The van der Waals surface area contributed by atoms with Gasteiger partial charge in [0.15, 0.2) is 0 Å². The third-order valence-electron chi connectivity index (χ3n) is 3.30. The number of halogens is 3. The highest BCUT2D eigenvalue weighted by atomic mass is 79.9. The molecule has 0 heterocycles. The zero-order valence-electron chi connectivity index (χ0n) is 10.1. The van der Waals surface area contributed by atoms with Crippen molar-refractivity contribution in [3.8, 4) is 0 Å². The molecule has 0 spiro atoms. The molecule has 0 radical (unpaired) electrons. The van der Waals surface area contributed by atoms with Crippen molar-refractivity contribution in [2.75, 3.05) is 6.54 Å². The van der Waals surface area contributed by atoms with Gasteiger partial charge in [0.2, 0.25) is 10.0 Å². The molecule has 0 bridgehead atoms. The summed E-state index contributed by atoms with van der Waals surface area (Å²) in [5.41, 5.74) is 0. The first-order valence-electron chi connectivity index (χ1n) is 6.04. The maximum atomic E-state index is 13.5. The fourth-order valence-corrected chi connectivity index (χ4v) is 3.92. The number of sulfonamides is 1. The lowest BCUT2D eigenvalue weighted by Crippen LogP contribution is -2.29. The Morgan fingerprint density at radius 1 is 1.21 bits per heavy atom.